The zero-order valence-electron chi connectivity index (χ0n) is 5.50. The van der Waals surface area contributed by atoms with E-state index < -0.39 is 0 Å². The van der Waals surface area contributed by atoms with Gasteiger partial charge in [0.05, 0.1) is 0 Å². The van der Waals surface area contributed by atoms with E-state index in [9.17, 15) is 0 Å². The van der Waals surface area contributed by atoms with Crippen molar-refractivity contribution in [2.75, 3.05) is 0 Å². The Labute approximate surface area is 64.9 Å². The summed E-state index contributed by atoms with van der Waals surface area (Å²) in [4.78, 5) is 4.49. The smallest absolute Gasteiger partial charge is 0.153 e. The molecule has 10 heavy (non-hydrogen) atoms. The van der Waals surface area contributed by atoms with E-state index >= 15 is 0 Å². The first-order valence-electron chi connectivity index (χ1n) is 2.80. The second-order valence-corrected chi connectivity index (χ2v) is 2.38. The fraction of sp³-hybridized carbons (Fsp3) is 0.143. The number of nitriles is 1. The van der Waals surface area contributed by atoms with Gasteiger partial charge in [0, 0.05) is 11.1 Å². The molecule has 0 N–H and O–H groups in total. The molecular formula is C7H6N2S. The van der Waals surface area contributed by atoms with Crippen LogP contribution in [0.5, 0.6) is 0 Å². The van der Waals surface area contributed by atoms with E-state index in [1.165, 1.54) is 0 Å². The fourth-order valence-electron chi connectivity index (χ4n) is 0.632. The average molecular weight is 150 g/mol. The molecule has 1 heterocycles. The Bertz CT molecular complexity index is 288. The van der Waals surface area contributed by atoms with Gasteiger partial charge in [-0.2, -0.15) is 5.26 Å². The van der Waals surface area contributed by atoms with Crippen LogP contribution in [0.25, 0.3) is 0 Å². The van der Waals surface area contributed by atoms with Crippen molar-refractivity contribution in [2.45, 2.75) is 11.8 Å². The maximum Gasteiger partial charge on any atom is 0.153 e. The van der Waals surface area contributed by atoms with Gasteiger partial charge in [-0.1, -0.05) is 0 Å². The van der Waals surface area contributed by atoms with Gasteiger partial charge in [0.2, 0.25) is 0 Å². The van der Waals surface area contributed by atoms with Crippen molar-refractivity contribution in [3.63, 3.8) is 0 Å². The van der Waals surface area contributed by atoms with Crippen molar-refractivity contribution < 1.29 is 0 Å². The Balaban J connectivity index is 3.31. The molecule has 0 fully saturated rings. The van der Waals surface area contributed by atoms with Crippen LogP contribution in [-0.2, 0) is 0 Å². The molecule has 0 saturated heterocycles. The van der Waals surface area contributed by atoms with Gasteiger partial charge in [-0.3, -0.25) is 0 Å². The van der Waals surface area contributed by atoms with Gasteiger partial charge in [0.15, 0.2) is 5.69 Å². The molecule has 1 aromatic heterocycles. The van der Waals surface area contributed by atoms with Crippen LogP contribution >= 0.6 is 12.6 Å². The fourth-order valence-corrected chi connectivity index (χ4v) is 0.815. The Morgan fingerprint density at radius 2 is 2.40 bits per heavy atom. The first kappa shape index (κ1) is 7.10. The molecule has 0 saturated carbocycles. The van der Waals surface area contributed by atoms with Crippen molar-refractivity contribution in [1.29, 1.82) is 5.26 Å². The highest BCUT2D eigenvalue weighted by atomic mass is 32.1. The summed E-state index contributed by atoms with van der Waals surface area (Å²) in [5.74, 6) is 0. The minimum atomic E-state index is 0.392. The molecular weight excluding hydrogens is 144 g/mol. The zero-order chi connectivity index (χ0) is 7.56. The highest BCUT2D eigenvalue weighted by Gasteiger charge is 1.99. The summed E-state index contributed by atoms with van der Waals surface area (Å²) in [6, 6.07) is 3.77. The number of nitrogens with zero attached hydrogens (tertiary/aromatic N) is 2. The Kier molecular flexibility index (Phi) is 1.93. The van der Waals surface area contributed by atoms with E-state index in [1.54, 1.807) is 6.20 Å². The number of rotatable bonds is 0. The largest absolute Gasteiger partial charge is 0.244 e. The van der Waals surface area contributed by atoms with Crippen molar-refractivity contribution in [3.05, 3.63) is 23.5 Å². The van der Waals surface area contributed by atoms with Crippen LogP contribution in [0, 0.1) is 18.3 Å². The topological polar surface area (TPSA) is 36.7 Å². The zero-order valence-corrected chi connectivity index (χ0v) is 6.39. The van der Waals surface area contributed by atoms with E-state index in [0.717, 1.165) is 5.56 Å². The summed E-state index contributed by atoms with van der Waals surface area (Å²) in [6.07, 6.45) is 1.60. The third-order valence-corrected chi connectivity index (χ3v) is 1.80. The SMILES string of the molecule is Cc1ccnc(C#N)c1S. The monoisotopic (exact) mass is 150 g/mol. The van der Waals surface area contributed by atoms with Crippen LogP contribution in [0.2, 0.25) is 0 Å². The second-order valence-electron chi connectivity index (χ2n) is 1.94. The van der Waals surface area contributed by atoms with Crippen molar-refractivity contribution in [2.24, 2.45) is 0 Å². The number of pyridine rings is 1. The van der Waals surface area contributed by atoms with Crippen molar-refractivity contribution >= 4 is 12.6 Å². The number of hydrogen-bond donors (Lipinski definition) is 1. The van der Waals surface area contributed by atoms with Gasteiger partial charge in [0.25, 0.3) is 0 Å². The molecule has 2 nitrogen and oxygen atoms in total. The van der Waals surface area contributed by atoms with Crippen LogP contribution in [0.1, 0.15) is 11.3 Å². The third kappa shape index (κ3) is 1.12. The average Bonchev–Trinajstić information content (AvgIpc) is 1.95. The predicted octanol–water partition coefficient (Wildman–Crippen LogP) is 1.55. The highest BCUT2D eigenvalue weighted by Crippen LogP contribution is 2.13. The lowest BCUT2D eigenvalue weighted by Crippen LogP contribution is -1.86. The van der Waals surface area contributed by atoms with Gasteiger partial charge < -0.3 is 0 Å². The summed E-state index contributed by atoms with van der Waals surface area (Å²) in [5.41, 5.74) is 1.37. The number of hydrogen-bond acceptors (Lipinski definition) is 3. The van der Waals surface area contributed by atoms with Gasteiger partial charge in [0.1, 0.15) is 6.07 Å². The van der Waals surface area contributed by atoms with Gasteiger partial charge in [-0.05, 0) is 18.6 Å². The lowest BCUT2D eigenvalue weighted by molar-refractivity contribution is 1.14. The highest BCUT2D eigenvalue weighted by molar-refractivity contribution is 7.80. The maximum atomic E-state index is 8.48. The Morgan fingerprint density at radius 3 is 2.90 bits per heavy atom. The van der Waals surface area contributed by atoms with Crippen LogP contribution in [0.15, 0.2) is 17.2 Å². The molecule has 0 bridgehead atoms. The summed E-state index contributed by atoms with van der Waals surface area (Å²) in [6.45, 7) is 1.89. The van der Waals surface area contributed by atoms with Crippen molar-refractivity contribution in [1.82, 2.24) is 4.98 Å². The molecule has 0 amide bonds. The standard InChI is InChI=1S/C7H6N2S/c1-5-2-3-9-6(4-8)7(5)10/h2-3,10H,1H3. The van der Waals surface area contributed by atoms with Crippen molar-refractivity contribution in [3.8, 4) is 6.07 Å². The van der Waals surface area contributed by atoms with Crippen LogP contribution in [-0.4, -0.2) is 4.98 Å². The first-order valence-corrected chi connectivity index (χ1v) is 3.25. The molecule has 0 aromatic carbocycles. The summed E-state index contributed by atoms with van der Waals surface area (Å²) >= 11 is 4.11. The molecule has 0 atom stereocenters. The number of aryl methyl sites for hydroxylation is 1. The molecule has 50 valence electrons. The van der Waals surface area contributed by atoms with Gasteiger partial charge in [-0.15, -0.1) is 12.6 Å². The van der Waals surface area contributed by atoms with E-state index in [-0.39, 0.29) is 0 Å². The second kappa shape index (κ2) is 2.72. The quantitative estimate of drug-likeness (QED) is 0.570. The predicted molar refractivity (Wildman–Crippen MR) is 40.9 cm³/mol. The molecule has 1 rings (SSSR count). The Hall–Kier alpha value is -1.01. The normalized spacial score (nSPS) is 8.90. The molecule has 0 unspecified atom stereocenters. The summed E-state index contributed by atoms with van der Waals surface area (Å²) < 4.78 is 0. The molecule has 0 aliphatic carbocycles. The number of aromatic nitrogens is 1. The van der Waals surface area contributed by atoms with E-state index in [1.807, 2.05) is 19.1 Å². The molecule has 0 radical (unpaired) electrons. The molecule has 0 aliphatic heterocycles. The van der Waals surface area contributed by atoms with Crippen LogP contribution < -0.4 is 0 Å². The van der Waals surface area contributed by atoms with Gasteiger partial charge >= 0.3 is 0 Å². The summed E-state index contributed by atoms with van der Waals surface area (Å²) in [5, 5.41) is 8.48. The minimum absolute atomic E-state index is 0.392. The molecule has 0 spiro atoms. The Morgan fingerprint density at radius 1 is 1.70 bits per heavy atom. The molecule has 0 aliphatic rings. The minimum Gasteiger partial charge on any atom is -0.244 e. The lowest BCUT2D eigenvalue weighted by Gasteiger charge is -1.96. The van der Waals surface area contributed by atoms with E-state index in [0.29, 0.717) is 10.6 Å². The van der Waals surface area contributed by atoms with E-state index in [2.05, 4.69) is 17.6 Å². The maximum absolute atomic E-state index is 8.48. The van der Waals surface area contributed by atoms with Crippen LogP contribution in [0.4, 0.5) is 0 Å². The lowest BCUT2D eigenvalue weighted by atomic mass is 10.2. The van der Waals surface area contributed by atoms with E-state index in [4.69, 9.17) is 5.26 Å². The van der Waals surface area contributed by atoms with Crippen LogP contribution in [0.3, 0.4) is 0 Å². The molecule has 1 aromatic rings. The number of thiol groups is 1. The first-order chi connectivity index (χ1) is 4.75. The third-order valence-electron chi connectivity index (χ3n) is 1.23. The summed E-state index contributed by atoms with van der Waals surface area (Å²) in [7, 11) is 0. The van der Waals surface area contributed by atoms with Gasteiger partial charge in [-0.25, -0.2) is 4.98 Å². The molecule has 3 heteroatoms.